The first-order valence-corrected chi connectivity index (χ1v) is 10.4. The molecule has 4 rings (SSSR count). The quantitative estimate of drug-likeness (QED) is 0.261. The van der Waals surface area contributed by atoms with Crippen LogP contribution in [0.1, 0.15) is 49.3 Å². The van der Waals surface area contributed by atoms with Gasteiger partial charge in [-0.05, 0) is 36.2 Å². The summed E-state index contributed by atoms with van der Waals surface area (Å²) < 4.78 is 5.81. The van der Waals surface area contributed by atoms with E-state index >= 15 is 0 Å². The molecule has 1 saturated heterocycles. The molecule has 1 N–H and O–H groups in total. The van der Waals surface area contributed by atoms with Gasteiger partial charge in [0.05, 0.1) is 5.57 Å². The molecule has 1 aliphatic heterocycles. The first kappa shape index (κ1) is 20.0. The zero-order chi connectivity index (χ0) is 21.3. The maximum Gasteiger partial charge on any atom is 0.295 e. The maximum atomic E-state index is 13.0. The molecule has 0 saturated carbocycles. The lowest BCUT2D eigenvalue weighted by Gasteiger charge is -2.23. The molecule has 154 valence electrons. The van der Waals surface area contributed by atoms with E-state index in [1.807, 2.05) is 43.3 Å². The fraction of sp³-hybridized carbons (Fsp3) is 0.280. The Hall–Kier alpha value is -3.34. The van der Waals surface area contributed by atoms with Crippen LogP contribution in [-0.2, 0) is 9.59 Å². The summed E-state index contributed by atoms with van der Waals surface area (Å²) in [5.74, 6) is -0.246. The van der Waals surface area contributed by atoms with Crippen molar-refractivity contribution in [2.75, 3.05) is 6.54 Å². The average molecular weight is 403 g/mol. The van der Waals surface area contributed by atoms with Gasteiger partial charge in [-0.3, -0.25) is 9.59 Å². The lowest BCUT2D eigenvalue weighted by Crippen LogP contribution is -2.30. The van der Waals surface area contributed by atoms with Crippen LogP contribution in [0.15, 0.2) is 64.6 Å². The second-order valence-electron chi connectivity index (χ2n) is 7.67. The summed E-state index contributed by atoms with van der Waals surface area (Å²) in [5.41, 5.74) is 0.620. The van der Waals surface area contributed by atoms with Crippen molar-refractivity contribution in [3.8, 4) is 0 Å². The number of furan rings is 1. The van der Waals surface area contributed by atoms with Gasteiger partial charge in [-0.25, -0.2) is 0 Å². The number of amides is 1. The number of carbonyl (C=O) groups is 2. The third-order valence-corrected chi connectivity index (χ3v) is 5.62. The molecule has 0 aliphatic carbocycles. The highest BCUT2D eigenvalue weighted by Crippen LogP contribution is 2.41. The van der Waals surface area contributed by atoms with Crippen molar-refractivity contribution in [2.24, 2.45) is 0 Å². The molecule has 3 aromatic rings. The third kappa shape index (κ3) is 3.41. The number of likely N-dealkylation sites (tertiary alicyclic amines) is 1. The normalized spacial score (nSPS) is 18.5. The summed E-state index contributed by atoms with van der Waals surface area (Å²) in [4.78, 5) is 27.5. The molecule has 0 bridgehead atoms. The number of aliphatic hydroxyl groups excluding tert-OH is 1. The fourth-order valence-electron chi connectivity index (χ4n) is 4.12. The molecule has 30 heavy (non-hydrogen) atoms. The van der Waals surface area contributed by atoms with E-state index in [2.05, 4.69) is 6.92 Å². The first-order chi connectivity index (χ1) is 14.5. The molecule has 2 aromatic carbocycles. The second kappa shape index (κ2) is 8.19. The number of nitrogens with zero attached hydrogens (tertiary/aromatic N) is 1. The van der Waals surface area contributed by atoms with E-state index in [4.69, 9.17) is 4.42 Å². The van der Waals surface area contributed by atoms with Gasteiger partial charge in [0.15, 0.2) is 0 Å². The van der Waals surface area contributed by atoms with Crippen LogP contribution in [0.2, 0.25) is 0 Å². The van der Waals surface area contributed by atoms with Crippen LogP contribution >= 0.6 is 0 Å². The van der Waals surface area contributed by atoms with Crippen molar-refractivity contribution >= 4 is 28.2 Å². The van der Waals surface area contributed by atoms with Crippen LogP contribution in [0.25, 0.3) is 16.5 Å². The minimum Gasteiger partial charge on any atom is -0.507 e. The number of fused-ring (bicyclic) bond motifs is 1. The smallest absolute Gasteiger partial charge is 0.295 e. The minimum atomic E-state index is -0.727. The lowest BCUT2D eigenvalue weighted by atomic mass is 9.96. The highest BCUT2D eigenvalue weighted by Gasteiger charge is 2.47. The Morgan fingerprint density at radius 2 is 1.80 bits per heavy atom. The van der Waals surface area contributed by atoms with Crippen LogP contribution in [0.3, 0.4) is 0 Å². The molecule has 1 fully saturated rings. The van der Waals surface area contributed by atoms with Gasteiger partial charge in [0.2, 0.25) is 0 Å². The number of hydrogen-bond donors (Lipinski definition) is 1. The van der Waals surface area contributed by atoms with E-state index in [0.717, 1.165) is 30.0 Å². The minimum absolute atomic E-state index is 0.0854. The Morgan fingerprint density at radius 3 is 2.53 bits per heavy atom. The molecular formula is C25H25NO4. The Kier molecular flexibility index (Phi) is 5.44. The summed E-state index contributed by atoms with van der Waals surface area (Å²) in [7, 11) is 0. The standard InChI is InChI=1S/C25H25NO4/c1-3-4-7-15-26-22(20-14-13-16(2)30-20)21(24(28)25(26)29)23(27)19-12-8-10-17-9-5-6-11-18(17)19/h5-6,8-14,22,27H,3-4,7,15H2,1-2H3/b23-21-. The molecule has 1 amide bonds. The number of aliphatic hydroxyl groups is 1. The molecule has 5 heteroatoms. The molecule has 1 unspecified atom stereocenters. The van der Waals surface area contributed by atoms with Gasteiger partial charge in [-0.1, -0.05) is 62.2 Å². The number of hydrogen-bond acceptors (Lipinski definition) is 4. The zero-order valence-electron chi connectivity index (χ0n) is 17.2. The van der Waals surface area contributed by atoms with Gasteiger partial charge < -0.3 is 14.4 Å². The van der Waals surface area contributed by atoms with E-state index in [0.29, 0.717) is 23.6 Å². The van der Waals surface area contributed by atoms with E-state index in [-0.39, 0.29) is 11.3 Å². The second-order valence-corrected chi connectivity index (χ2v) is 7.67. The Bertz CT molecular complexity index is 1140. The predicted molar refractivity (Wildman–Crippen MR) is 116 cm³/mol. The Morgan fingerprint density at radius 1 is 1.03 bits per heavy atom. The number of carbonyl (C=O) groups excluding carboxylic acids is 2. The van der Waals surface area contributed by atoms with Gasteiger partial charge in [-0.15, -0.1) is 0 Å². The number of ketones is 1. The van der Waals surface area contributed by atoms with Crippen LogP contribution in [0.5, 0.6) is 0 Å². The van der Waals surface area contributed by atoms with Gasteiger partial charge in [0.1, 0.15) is 23.3 Å². The molecule has 0 radical (unpaired) electrons. The van der Waals surface area contributed by atoms with Gasteiger partial charge in [-0.2, -0.15) is 0 Å². The molecule has 1 aromatic heterocycles. The number of aryl methyl sites for hydroxylation is 1. The predicted octanol–water partition coefficient (Wildman–Crippen LogP) is 5.35. The maximum absolute atomic E-state index is 13.0. The molecular weight excluding hydrogens is 378 g/mol. The van der Waals surface area contributed by atoms with E-state index < -0.39 is 17.7 Å². The fourth-order valence-corrected chi connectivity index (χ4v) is 4.12. The van der Waals surface area contributed by atoms with Crippen LogP contribution in [0, 0.1) is 6.92 Å². The van der Waals surface area contributed by atoms with E-state index in [1.165, 1.54) is 4.90 Å². The van der Waals surface area contributed by atoms with Gasteiger partial charge in [0.25, 0.3) is 11.7 Å². The number of benzene rings is 2. The summed E-state index contributed by atoms with van der Waals surface area (Å²) >= 11 is 0. The van der Waals surface area contributed by atoms with Crippen LogP contribution in [0.4, 0.5) is 0 Å². The monoisotopic (exact) mass is 403 g/mol. The highest BCUT2D eigenvalue weighted by molar-refractivity contribution is 6.46. The molecule has 0 spiro atoms. The zero-order valence-corrected chi connectivity index (χ0v) is 17.2. The van der Waals surface area contributed by atoms with Crippen molar-refractivity contribution in [1.29, 1.82) is 0 Å². The summed E-state index contributed by atoms with van der Waals surface area (Å²) in [6.45, 7) is 4.34. The Balaban J connectivity index is 1.88. The van der Waals surface area contributed by atoms with Crippen molar-refractivity contribution in [3.63, 3.8) is 0 Å². The average Bonchev–Trinajstić information content (AvgIpc) is 3.29. The molecule has 1 atom stereocenters. The molecule has 5 nitrogen and oxygen atoms in total. The summed E-state index contributed by atoms with van der Waals surface area (Å²) in [5, 5.41) is 13.0. The van der Waals surface area contributed by atoms with Crippen molar-refractivity contribution in [1.82, 2.24) is 4.90 Å². The third-order valence-electron chi connectivity index (χ3n) is 5.62. The SMILES string of the molecule is CCCCCN1C(=O)C(=O)/C(=C(\O)c2cccc3ccccc23)C1c1ccc(C)o1. The van der Waals surface area contributed by atoms with E-state index in [1.54, 1.807) is 18.2 Å². The van der Waals surface area contributed by atoms with Crippen molar-refractivity contribution in [2.45, 2.75) is 39.2 Å². The van der Waals surface area contributed by atoms with Gasteiger partial charge in [0, 0.05) is 12.1 Å². The summed E-state index contributed by atoms with van der Waals surface area (Å²) in [6.07, 6.45) is 2.74. The van der Waals surface area contributed by atoms with Crippen molar-refractivity contribution < 1.29 is 19.1 Å². The first-order valence-electron chi connectivity index (χ1n) is 10.4. The number of Topliss-reactive ketones (excluding diaryl/α,β-unsaturated/α-hetero) is 1. The highest BCUT2D eigenvalue weighted by atomic mass is 16.3. The number of rotatable bonds is 6. The Labute approximate surface area is 175 Å². The van der Waals surface area contributed by atoms with Crippen molar-refractivity contribution in [3.05, 3.63) is 77.3 Å². The van der Waals surface area contributed by atoms with E-state index in [9.17, 15) is 14.7 Å². The topological polar surface area (TPSA) is 70.8 Å². The lowest BCUT2D eigenvalue weighted by molar-refractivity contribution is -0.140. The molecule has 1 aliphatic rings. The largest absolute Gasteiger partial charge is 0.507 e. The van der Waals surface area contributed by atoms with Gasteiger partial charge >= 0.3 is 0 Å². The number of unbranched alkanes of at least 4 members (excludes halogenated alkanes) is 2. The molecule has 2 heterocycles. The van der Waals surface area contributed by atoms with Crippen LogP contribution < -0.4 is 0 Å². The van der Waals surface area contributed by atoms with Crippen LogP contribution in [-0.4, -0.2) is 28.2 Å². The summed E-state index contributed by atoms with van der Waals surface area (Å²) in [6, 6.07) is 16.1.